The van der Waals surface area contributed by atoms with Crippen molar-refractivity contribution >= 4 is 28.5 Å². The van der Waals surface area contributed by atoms with Crippen LogP contribution < -0.4 is 0 Å². The zero-order valence-electron chi connectivity index (χ0n) is 11.1. The summed E-state index contributed by atoms with van der Waals surface area (Å²) in [6, 6.07) is 17.3. The van der Waals surface area contributed by atoms with Crippen LogP contribution in [-0.4, -0.2) is 16.1 Å². The van der Waals surface area contributed by atoms with Crippen molar-refractivity contribution in [2.24, 2.45) is 0 Å². The third-order valence-corrected chi connectivity index (χ3v) is 3.65. The summed E-state index contributed by atoms with van der Waals surface area (Å²) in [6.45, 7) is 0. The highest BCUT2D eigenvalue weighted by molar-refractivity contribution is 6.31. The number of aromatic nitrogens is 1. The van der Waals surface area contributed by atoms with Gasteiger partial charge in [0, 0.05) is 10.9 Å². The van der Waals surface area contributed by atoms with Crippen LogP contribution in [0.4, 0.5) is 0 Å². The normalized spacial score (nSPS) is 10.7. The number of fused-ring (bicyclic) bond motifs is 1. The van der Waals surface area contributed by atoms with E-state index in [1.807, 2.05) is 54.6 Å². The van der Waals surface area contributed by atoms with Crippen molar-refractivity contribution in [1.82, 2.24) is 4.98 Å². The fraction of sp³-hybridized carbons (Fsp3) is 0.0588. The van der Waals surface area contributed by atoms with Crippen LogP contribution in [0.2, 0.25) is 5.15 Å². The van der Waals surface area contributed by atoms with Crippen LogP contribution in [-0.2, 0) is 11.2 Å². The van der Waals surface area contributed by atoms with Crippen LogP contribution in [0.1, 0.15) is 5.56 Å². The number of halogens is 1. The van der Waals surface area contributed by atoms with Gasteiger partial charge in [-0.3, -0.25) is 4.79 Å². The molecule has 0 aliphatic rings. The number of hydrogen-bond acceptors (Lipinski definition) is 2. The zero-order valence-corrected chi connectivity index (χ0v) is 11.8. The van der Waals surface area contributed by atoms with E-state index in [4.69, 9.17) is 16.7 Å². The summed E-state index contributed by atoms with van der Waals surface area (Å²) >= 11 is 6.23. The standard InChI is InChI=1S/C17H12ClNO2/c18-17-13(10-15(20)21)16(11-6-2-1-3-7-11)12-8-4-5-9-14(12)19-17/h1-9H,10H2,(H,20,21). The molecule has 3 rings (SSSR count). The summed E-state index contributed by atoms with van der Waals surface area (Å²) in [5, 5.41) is 10.3. The zero-order chi connectivity index (χ0) is 14.8. The summed E-state index contributed by atoms with van der Waals surface area (Å²) in [6.07, 6.45) is -0.152. The van der Waals surface area contributed by atoms with Gasteiger partial charge in [0.05, 0.1) is 11.9 Å². The second kappa shape index (κ2) is 5.54. The van der Waals surface area contributed by atoms with Gasteiger partial charge in [-0.15, -0.1) is 0 Å². The van der Waals surface area contributed by atoms with Crippen LogP contribution in [0.3, 0.4) is 0 Å². The van der Waals surface area contributed by atoms with Gasteiger partial charge in [0.15, 0.2) is 0 Å². The number of rotatable bonds is 3. The van der Waals surface area contributed by atoms with Gasteiger partial charge in [0.1, 0.15) is 5.15 Å². The quantitative estimate of drug-likeness (QED) is 0.738. The molecule has 0 amide bonds. The van der Waals surface area contributed by atoms with E-state index in [0.29, 0.717) is 5.56 Å². The molecule has 0 radical (unpaired) electrons. The van der Waals surface area contributed by atoms with Gasteiger partial charge in [-0.2, -0.15) is 0 Å². The number of hydrogen-bond donors (Lipinski definition) is 1. The molecule has 1 heterocycles. The Bertz CT molecular complexity index is 816. The van der Waals surface area contributed by atoms with Gasteiger partial charge < -0.3 is 5.11 Å². The molecule has 2 aromatic carbocycles. The highest BCUT2D eigenvalue weighted by atomic mass is 35.5. The predicted molar refractivity (Wildman–Crippen MR) is 83.5 cm³/mol. The molecule has 0 bridgehead atoms. The fourth-order valence-corrected chi connectivity index (χ4v) is 2.72. The molecular formula is C17H12ClNO2. The number of pyridine rings is 1. The molecule has 0 aliphatic heterocycles. The first-order chi connectivity index (χ1) is 10.2. The molecule has 4 heteroatoms. The molecule has 0 atom stereocenters. The van der Waals surface area contributed by atoms with Crippen molar-refractivity contribution in [3.05, 3.63) is 65.3 Å². The first-order valence-corrected chi connectivity index (χ1v) is 6.89. The lowest BCUT2D eigenvalue weighted by Crippen LogP contribution is -2.04. The number of para-hydroxylation sites is 1. The van der Waals surface area contributed by atoms with Crippen molar-refractivity contribution < 1.29 is 9.90 Å². The van der Waals surface area contributed by atoms with E-state index in [1.165, 1.54) is 0 Å². The molecule has 3 nitrogen and oxygen atoms in total. The monoisotopic (exact) mass is 297 g/mol. The Morgan fingerprint density at radius 3 is 2.43 bits per heavy atom. The van der Waals surface area contributed by atoms with Crippen molar-refractivity contribution in [2.45, 2.75) is 6.42 Å². The third-order valence-electron chi connectivity index (χ3n) is 3.33. The molecular weight excluding hydrogens is 286 g/mol. The van der Waals surface area contributed by atoms with E-state index < -0.39 is 5.97 Å². The summed E-state index contributed by atoms with van der Waals surface area (Å²) in [5.41, 5.74) is 3.09. The van der Waals surface area contributed by atoms with Gasteiger partial charge in [0.2, 0.25) is 0 Å². The lowest BCUT2D eigenvalue weighted by atomic mass is 9.95. The maximum absolute atomic E-state index is 11.2. The van der Waals surface area contributed by atoms with Gasteiger partial charge in [-0.25, -0.2) is 4.98 Å². The molecule has 0 unspecified atom stereocenters. The molecule has 3 aromatic rings. The molecule has 0 aliphatic carbocycles. The van der Waals surface area contributed by atoms with Crippen molar-refractivity contribution in [1.29, 1.82) is 0 Å². The van der Waals surface area contributed by atoms with E-state index in [1.54, 1.807) is 0 Å². The summed E-state index contributed by atoms with van der Waals surface area (Å²) in [7, 11) is 0. The predicted octanol–water partition coefficient (Wildman–Crippen LogP) is 4.18. The SMILES string of the molecule is O=C(O)Cc1c(Cl)nc2ccccc2c1-c1ccccc1. The second-order valence-electron chi connectivity index (χ2n) is 4.71. The highest BCUT2D eigenvalue weighted by Gasteiger charge is 2.17. The molecule has 21 heavy (non-hydrogen) atoms. The molecule has 0 saturated carbocycles. The lowest BCUT2D eigenvalue weighted by Gasteiger charge is -2.13. The van der Waals surface area contributed by atoms with Gasteiger partial charge in [-0.05, 0) is 17.2 Å². The molecule has 1 N–H and O–H groups in total. The van der Waals surface area contributed by atoms with Crippen molar-refractivity contribution in [3.63, 3.8) is 0 Å². The van der Waals surface area contributed by atoms with Gasteiger partial charge in [0.25, 0.3) is 0 Å². The topological polar surface area (TPSA) is 50.2 Å². The summed E-state index contributed by atoms with van der Waals surface area (Å²) in [5.74, 6) is -0.925. The minimum atomic E-state index is -0.925. The average Bonchev–Trinajstić information content (AvgIpc) is 2.48. The van der Waals surface area contributed by atoms with E-state index >= 15 is 0 Å². The Kier molecular flexibility index (Phi) is 3.59. The number of benzene rings is 2. The third kappa shape index (κ3) is 2.60. The number of carbonyl (C=O) groups is 1. The van der Waals surface area contributed by atoms with Crippen LogP contribution in [0.15, 0.2) is 54.6 Å². The minimum Gasteiger partial charge on any atom is -0.481 e. The Hall–Kier alpha value is -2.39. The average molecular weight is 298 g/mol. The van der Waals surface area contributed by atoms with Gasteiger partial charge in [-0.1, -0.05) is 60.1 Å². The molecule has 0 fully saturated rings. The van der Waals surface area contributed by atoms with Crippen LogP contribution in [0.25, 0.3) is 22.0 Å². The molecule has 0 spiro atoms. The minimum absolute atomic E-state index is 0.152. The Balaban J connectivity index is 2.39. The van der Waals surface area contributed by atoms with Crippen LogP contribution in [0.5, 0.6) is 0 Å². The second-order valence-corrected chi connectivity index (χ2v) is 5.07. The Morgan fingerprint density at radius 1 is 1.05 bits per heavy atom. The summed E-state index contributed by atoms with van der Waals surface area (Å²) < 4.78 is 0. The van der Waals surface area contributed by atoms with Crippen molar-refractivity contribution in [3.8, 4) is 11.1 Å². The maximum atomic E-state index is 11.2. The highest BCUT2D eigenvalue weighted by Crippen LogP contribution is 2.35. The van der Waals surface area contributed by atoms with Gasteiger partial charge >= 0.3 is 5.97 Å². The smallest absolute Gasteiger partial charge is 0.307 e. The first kappa shape index (κ1) is 13.6. The van der Waals surface area contributed by atoms with E-state index in [-0.39, 0.29) is 11.6 Å². The van der Waals surface area contributed by atoms with E-state index in [2.05, 4.69) is 4.98 Å². The Labute approximate surface area is 126 Å². The Morgan fingerprint density at radius 2 is 1.71 bits per heavy atom. The fourth-order valence-electron chi connectivity index (χ4n) is 2.47. The van der Waals surface area contributed by atoms with Crippen molar-refractivity contribution in [2.75, 3.05) is 0 Å². The van der Waals surface area contributed by atoms with E-state index in [9.17, 15) is 4.79 Å². The van der Waals surface area contributed by atoms with Crippen LogP contribution in [0, 0.1) is 0 Å². The van der Waals surface area contributed by atoms with Crippen LogP contribution >= 0.6 is 11.6 Å². The molecule has 0 saturated heterocycles. The number of aliphatic carboxylic acids is 1. The summed E-state index contributed by atoms with van der Waals surface area (Å²) in [4.78, 5) is 15.5. The largest absolute Gasteiger partial charge is 0.481 e. The molecule has 104 valence electrons. The number of carboxylic acids is 1. The van der Waals surface area contributed by atoms with E-state index in [0.717, 1.165) is 22.0 Å². The first-order valence-electron chi connectivity index (χ1n) is 6.51. The maximum Gasteiger partial charge on any atom is 0.307 e. The number of carboxylic acid groups (broad SMARTS) is 1. The molecule has 1 aromatic heterocycles. The lowest BCUT2D eigenvalue weighted by molar-refractivity contribution is -0.136. The number of nitrogens with zero attached hydrogens (tertiary/aromatic N) is 1.